The van der Waals surface area contributed by atoms with E-state index in [1.807, 2.05) is 0 Å². The van der Waals surface area contributed by atoms with E-state index in [1.54, 1.807) is 0 Å². The number of rotatable bonds is 2. The van der Waals surface area contributed by atoms with Crippen molar-refractivity contribution in [3.8, 4) is 0 Å². The lowest BCUT2D eigenvalue weighted by Crippen LogP contribution is -2.42. The van der Waals surface area contributed by atoms with Crippen LogP contribution in [0, 0.1) is 0 Å². The molecule has 1 rings (SSSR count). The van der Waals surface area contributed by atoms with Crippen LogP contribution in [0.4, 0.5) is 4.39 Å². The van der Waals surface area contributed by atoms with Crippen LogP contribution in [0.25, 0.3) is 0 Å². The minimum atomic E-state index is -2.66. The predicted molar refractivity (Wildman–Crippen MR) is 34.9 cm³/mol. The summed E-state index contributed by atoms with van der Waals surface area (Å²) in [5.41, 5.74) is 0. The van der Waals surface area contributed by atoms with Gasteiger partial charge in [0.15, 0.2) is 0 Å². The Bertz CT molecular complexity index is 166. The molecule has 0 aromatic rings. The van der Waals surface area contributed by atoms with Gasteiger partial charge in [-0.1, -0.05) is 0 Å². The van der Waals surface area contributed by atoms with Gasteiger partial charge in [-0.2, -0.15) is 0 Å². The van der Waals surface area contributed by atoms with E-state index in [0.29, 0.717) is 0 Å². The zero-order chi connectivity index (χ0) is 9.35. The van der Waals surface area contributed by atoms with E-state index in [4.69, 9.17) is 20.4 Å². The van der Waals surface area contributed by atoms with Gasteiger partial charge in [0.25, 0.3) is 5.85 Å². The van der Waals surface area contributed by atoms with Gasteiger partial charge in [0.2, 0.25) is 0 Å². The highest BCUT2D eigenvalue weighted by molar-refractivity contribution is 4.95. The van der Waals surface area contributed by atoms with Crippen LogP contribution in [-0.2, 0) is 4.74 Å². The predicted octanol–water partition coefficient (Wildman–Crippen LogP) is -2.24. The molecule has 4 atom stereocenters. The molecule has 0 aromatic heterocycles. The Kier molecular flexibility index (Phi) is 2.64. The number of aliphatic hydroxyl groups is 4. The van der Waals surface area contributed by atoms with E-state index in [-0.39, 0.29) is 0 Å². The summed E-state index contributed by atoms with van der Waals surface area (Å²) < 4.78 is 17.5. The van der Waals surface area contributed by atoms with Gasteiger partial charge in [0, 0.05) is 0 Å². The Balaban J connectivity index is 2.72. The lowest BCUT2D eigenvalue weighted by atomic mass is 10.1. The van der Waals surface area contributed by atoms with Gasteiger partial charge in [0.1, 0.15) is 24.9 Å². The number of ether oxygens (including phenoxy) is 1. The minimum Gasteiger partial charge on any atom is -0.394 e. The van der Waals surface area contributed by atoms with Crippen molar-refractivity contribution in [3.05, 3.63) is 0 Å². The van der Waals surface area contributed by atoms with E-state index in [1.165, 1.54) is 0 Å². The van der Waals surface area contributed by atoms with Crippen molar-refractivity contribution in [2.24, 2.45) is 0 Å². The molecule has 0 amide bonds. The van der Waals surface area contributed by atoms with E-state index >= 15 is 0 Å². The summed E-state index contributed by atoms with van der Waals surface area (Å²) in [7, 11) is 0. The van der Waals surface area contributed by atoms with Crippen molar-refractivity contribution in [1.82, 2.24) is 0 Å². The monoisotopic (exact) mass is 182 g/mol. The normalized spacial score (nSPS) is 48.2. The Morgan fingerprint density at radius 3 is 2.17 bits per heavy atom. The molecule has 1 aliphatic rings. The first-order valence-corrected chi connectivity index (χ1v) is 3.49. The van der Waals surface area contributed by atoms with Crippen molar-refractivity contribution >= 4 is 0 Å². The summed E-state index contributed by atoms with van der Waals surface area (Å²) in [5, 5.41) is 35.0. The summed E-state index contributed by atoms with van der Waals surface area (Å²) in [4.78, 5) is 0. The molecule has 72 valence electrons. The van der Waals surface area contributed by atoms with Gasteiger partial charge >= 0.3 is 0 Å². The Morgan fingerprint density at radius 1 is 1.33 bits per heavy atom. The summed E-state index contributed by atoms with van der Waals surface area (Å²) in [6.45, 7) is -1.66. The number of aliphatic hydroxyl groups excluding tert-OH is 4. The van der Waals surface area contributed by atoms with Crippen LogP contribution in [-0.4, -0.2) is 57.8 Å². The zero-order valence-corrected chi connectivity index (χ0v) is 6.22. The molecule has 6 heteroatoms. The second-order valence-electron chi connectivity index (χ2n) is 2.72. The summed E-state index contributed by atoms with van der Waals surface area (Å²) in [6, 6.07) is 0. The Morgan fingerprint density at radius 2 is 1.92 bits per heavy atom. The SMILES string of the molecule is OC[C@@H]1OC(F)(CO)[C@@H](O)[C@@H]1O. The van der Waals surface area contributed by atoms with Gasteiger partial charge in [-0.15, -0.1) is 0 Å². The zero-order valence-electron chi connectivity index (χ0n) is 6.22. The fraction of sp³-hybridized carbons (Fsp3) is 1.00. The van der Waals surface area contributed by atoms with Crippen LogP contribution >= 0.6 is 0 Å². The molecule has 12 heavy (non-hydrogen) atoms. The van der Waals surface area contributed by atoms with Crippen molar-refractivity contribution < 1.29 is 29.6 Å². The maximum atomic E-state index is 13.1. The van der Waals surface area contributed by atoms with Gasteiger partial charge in [-0.05, 0) is 0 Å². The molecule has 4 N–H and O–H groups in total. The van der Waals surface area contributed by atoms with Crippen LogP contribution < -0.4 is 0 Å². The van der Waals surface area contributed by atoms with Crippen molar-refractivity contribution in [1.29, 1.82) is 0 Å². The van der Waals surface area contributed by atoms with Crippen LogP contribution in [0.3, 0.4) is 0 Å². The van der Waals surface area contributed by atoms with E-state index in [0.717, 1.165) is 0 Å². The maximum Gasteiger partial charge on any atom is 0.261 e. The number of halogens is 1. The third-order valence-corrected chi connectivity index (χ3v) is 1.89. The molecular formula is C6H11FO5. The van der Waals surface area contributed by atoms with Crippen LogP contribution in [0.2, 0.25) is 0 Å². The second kappa shape index (κ2) is 3.23. The quantitative estimate of drug-likeness (QED) is 0.387. The number of hydrogen-bond donors (Lipinski definition) is 4. The molecule has 1 aliphatic heterocycles. The highest BCUT2D eigenvalue weighted by Gasteiger charge is 2.54. The molecule has 0 spiro atoms. The fourth-order valence-electron chi connectivity index (χ4n) is 1.13. The van der Waals surface area contributed by atoms with E-state index < -0.39 is 37.4 Å². The second-order valence-corrected chi connectivity index (χ2v) is 2.72. The van der Waals surface area contributed by atoms with Crippen molar-refractivity contribution in [2.75, 3.05) is 13.2 Å². The molecule has 1 saturated heterocycles. The largest absolute Gasteiger partial charge is 0.394 e. The van der Waals surface area contributed by atoms with Gasteiger partial charge < -0.3 is 25.2 Å². The van der Waals surface area contributed by atoms with E-state index in [2.05, 4.69) is 4.74 Å². The molecule has 5 nitrogen and oxygen atoms in total. The maximum absolute atomic E-state index is 13.1. The van der Waals surface area contributed by atoms with Crippen molar-refractivity contribution in [2.45, 2.75) is 24.2 Å². The summed E-state index contributed by atoms with van der Waals surface area (Å²) >= 11 is 0. The van der Waals surface area contributed by atoms with Crippen molar-refractivity contribution in [3.63, 3.8) is 0 Å². The molecule has 0 bridgehead atoms. The molecule has 0 radical (unpaired) electrons. The number of hydrogen-bond acceptors (Lipinski definition) is 5. The summed E-state index contributed by atoms with van der Waals surface area (Å²) in [6.07, 6.45) is -4.51. The first-order chi connectivity index (χ1) is 5.55. The number of alkyl halides is 1. The molecule has 0 aromatic carbocycles. The Labute approximate surface area is 68.0 Å². The standard InChI is InChI=1S/C6H11FO5/c7-6(2-9)5(11)4(10)3(1-8)12-6/h3-5,8-11H,1-2H2/t3-,4+,5-,6?/m0/s1. The average molecular weight is 182 g/mol. The lowest BCUT2D eigenvalue weighted by Gasteiger charge is -2.19. The molecule has 0 aliphatic carbocycles. The third kappa shape index (κ3) is 1.32. The third-order valence-electron chi connectivity index (χ3n) is 1.89. The van der Waals surface area contributed by atoms with Gasteiger partial charge in [-0.3, -0.25) is 0 Å². The molecule has 0 saturated carbocycles. The van der Waals surface area contributed by atoms with Crippen LogP contribution in [0.1, 0.15) is 0 Å². The summed E-state index contributed by atoms with van der Waals surface area (Å²) in [5.74, 6) is -2.66. The molecule has 1 heterocycles. The average Bonchev–Trinajstić information content (AvgIpc) is 2.31. The highest BCUT2D eigenvalue weighted by atomic mass is 19.2. The lowest BCUT2D eigenvalue weighted by molar-refractivity contribution is -0.199. The van der Waals surface area contributed by atoms with Gasteiger partial charge in [0.05, 0.1) is 6.61 Å². The highest BCUT2D eigenvalue weighted by Crippen LogP contribution is 2.31. The molecule has 1 fully saturated rings. The topological polar surface area (TPSA) is 90.2 Å². The first kappa shape index (κ1) is 9.82. The fourth-order valence-corrected chi connectivity index (χ4v) is 1.13. The minimum absolute atomic E-state index is 0.607. The van der Waals surface area contributed by atoms with Crippen LogP contribution in [0.15, 0.2) is 0 Å². The molecule has 1 unspecified atom stereocenters. The first-order valence-electron chi connectivity index (χ1n) is 3.49. The Hall–Kier alpha value is -0.270. The van der Waals surface area contributed by atoms with Gasteiger partial charge in [-0.25, -0.2) is 4.39 Å². The van der Waals surface area contributed by atoms with E-state index in [9.17, 15) is 4.39 Å². The van der Waals surface area contributed by atoms with Crippen LogP contribution in [0.5, 0.6) is 0 Å². The smallest absolute Gasteiger partial charge is 0.261 e. The molecular weight excluding hydrogens is 171 g/mol.